The van der Waals surface area contributed by atoms with Gasteiger partial charge in [-0.3, -0.25) is 4.39 Å². The number of thioether (sulfide) groups is 1. The average Bonchev–Trinajstić information content (AvgIpc) is 3.25. The molecule has 1 aliphatic heterocycles. The Morgan fingerprint density at radius 1 is 1.47 bits per heavy atom. The molecule has 2 heterocycles. The minimum atomic E-state index is -1.05. The summed E-state index contributed by atoms with van der Waals surface area (Å²) in [6.07, 6.45) is 1.99. The van der Waals surface area contributed by atoms with E-state index in [1.807, 2.05) is 20.8 Å². The van der Waals surface area contributed by atoms with Crippen LogP contribution in [0.3, 0.4) is 0 Å². The second-order valence-corrected chi connectivity index (χ2v) is 10.4. The second-order valence-electron chi connectivity index (χ2n) is 8.23. The van der Waals surface area contributed by atoms with Crippen molar-refractivity contribution >= 4 is 35.2 Å². The van der Waals surface area contributed by atoms with E-state index in [9.17, 15) is 19.1 Å². The number of carboxylic acids is 1. The van der Waals surface area contributed by atoms with Crippen molar-refractivity contribution in [2.45, 2.75) is 75.5 Å². The number of rotatable bonds is 13. The molecule has 0 radical (unpaired) electrons. The molecule has 0 bridgehead atoms. The second kappa shape index (κ2) is 11.3. The lowest BCUT2D eigenvalue weighted by Crippen LogP contribution is -2.39. The number of carboxylic acid groups (broad SMARTS) is 1. The van der Waals surface area contributed by atoms with Gasteiger partial charge in [0.15, 0.2) is 10.0 Å². The van der Waals surface area contributed by atoms with E-state index in [1.165, 1.54) is 28.5 Å². The van der Waals surface area contributed by atoms with Crippen molar-refractivity contribution in [3.05, 3.63) is 11.1 Å². The number of amides is 1. The van der Waals surface area contributed by atoms with E-state index in [-0.39, 0.29) is 36.0 Å². The third-order valence-corrected chi connectivity index (χ3v) is 7.57. The summed E-state index contributed by atoms with van der Waals surface area (Å²) in [5.41, 5.74) is -0.285. The maximum Gasteiger partial charge on any atom is 0.410 e. The largest absolute Gasteiger partial charge is 0.476 e. The molecule has 1 aromatic rings. The first-order chi connectivity index (χ1) is 14.2. The van der Waals surface area contributed by atoms with Gasteiger partial charge < -0.3 is 19.8 Å². The van der Waals surface area contributed by atoms with Crippen molar-refractivity contribution in [1.29, 1.82) is 0 Å². The van der Waals surface area contributed by atoms with Gasteiger partial charge in [0.05, 0.1) is 18.8 Å². The molecule has 170 valence electrons. The Bertz CT molecular complexity index is 715. The van der Waals surface area contributed by atoms with Crippen LogP contribution < -0.4 is 0 Å². The van der Waals surface area contributed by atoms with Crippen molar-refractivity contribution in [2.24, 2.45) is 5.41 Å². The van der Waals surface area contributed by atoms with E-state index >= 15 is 0 Å². The van der Waals surface area contributed by atoms with E-state index < -0.39 is 12.1 Å². The number of aromatic carboxylic acids is 1. The molecule has 7 nitrogen and oxygen atoms in total. The Balaban J connectivity index is 1.85. The molecular weight excluding hydrogens is 431 g/mol. The first-order valence-electron chi connectivity index (χ1n) is 10.2. The number of nitrogens with zero attached hydrogens (tertiary/aromatic N) is 2. The van der Waals surface area contributed by atoms with Crippen molar-refractivity contribution in [2.75, 3.05) is 19.0 Å². The van der Waals surface area contributed by atoms with Crippen molar-refractivity contribution < 1.29 is 28.9 Å². The molecule has 30 heavy (non-hydrogen) atoms. The van der Waals surface area contributed by atoms with E-state index in [0.717, 1.165) is 12.8 Å². The van der Waals surface area contributed by atoms with Gasteiger partial charge in [0.1, 0.15) is 6.10 Å². The summed E-state index contributed by atoms with van der Waals surface area (Å²) in [4.78, 5) is 28.9. The van der Waals surface area contributed by atoms with Gasteiger partial charge in [0.2, 0.25) is 0 Å². The van der Waals surface area contributed by atoms with Crippen LogP contribution in [-0.2, 0) is 4.74 Å². The molecule has 10 heteroatoms. The summed E-state index contributed by atoms with van der Waals surface area (Å²) in [5.74, 6) is -0.483. The number of halogens is 1. The highest BCUT2D eigenvalue weighted by molar-refractivity contribution is 8.01. The maximum absolute atomic E-state index is 12.3. The molecule has 0 spiro atoms. The number of thiazole rings is 1. The molecule has 3 atom stereocenters. The molecule has 1 amide bonds. The van der Waals surface area contributed by atoms with Crippen LogP contribution in [0.5, 0.6) is 0 Å². The molecule has 1 saturated heterocycles. The fourth-order valence-electron chi connectivity index (χ4n) is 3.56. The van der Waals surface area contributed by atoms with Gasteiger partial charge >= 0.3 is 12.1 Å². The minimum absolute atomic E-state index is 0.0256. The summed E-state index contributed by atoms with van der Waals surface area (Å²) in [6.45, 7) is 5.95. The SMILES string of the molecule is CC1OC(=O)N(CCSc2nc(C(=O)O)cs2)C1CCC(O)C(C)(C)CCCCF. The first-order valence-corrected chi connectivity index (χ1v) is 12.0. The van der Waals surface area contributed by atoms with Gasteiger partial charge in [-0.1, -0.05) is 32.0 Å². The highest BCUT2D eigenvalue weighted by atomic mass is 32.2. The normalized spacial score (nSPS) is 20.4. The molecule has 0 aliphatic carbocycles. The Morgan fingerprint density at radius 2 is 2.20 bits per heavy atom. The quantitative estimate of drug-likeness (QED) is 0.330. The number of carbonyl (C=O) groups is 2. The number of alkyl halides is 1. The number of ether oxygens (including phenoxy) is 1. The third-order valence-electron chi connectivity index (χ3n) is 5.57. The fourth-order valence-corrected chi connectivity index (χ4v) is 5.36. The molecule has 0 saturated carbocycles. The Morgan fingerprint density at radius 3 is 2.83 bits per heavy atom. The number of aliphatic hydroxyl groups excluding tert-OH is 1. The van der Waals surface area contributed by atoms with Gasteiger partial charge in [-0.15, -0.1) is 11.3 Å². The number of cyclic esters (lactones) is 1. The summed E-state index contributed by atoms with van der Waals surface area (Å²) in [6, 6.07) is -0.125. The lowest BCUT2D eigenvalue weighted by molar-refractivity contribution is 0.0276. The van der Waals surface area contributed by atoms with Gasteiger partial charge in [-0.05, 0) is 38.0 Å². The molecule has 3 unspecified atom stereocenters. The number of aliphatic hydroxyl groups is 1. The average molecular weight is 463 g/mol. The van der Waals surface area contributed by atoms with Crippen molar-refractivity contribution in [3.8, 4) is 0 Å². The van der Waals surface area contributed by atoms with Crippen LogP contribution in [0.2, 0.25) is 0 Å². The van der Waals surface area contributed by atoms with Gasteiger partial charge in [-0.2, -0.15) is 0 Å². The molecule has 2 N–H and O–H groups in total. The molecule has 1 aromatic heterocycles. The van der Waals surface area contributed by atoms with Crippen LogP contribution in [0, 0.1) is 5.41 Å². The summed E-state index contributed by atoms with van der Waals surface area (Å²) >= 11 is 2.67. The van der Waals surface area contributed by atoms with Crippen LogP contribution in [0.15, 0.2) is 9.72 Å². The monoisotopic (exact) mass is 462 g/mol. The zero-order valence-corrected chi connectivity index (χ0v) is 19.3. The van der Waals surface area contributed by atoms with Crippen LogP contribution >= 0.6 is 23.1 Å². The summed E-state index contributed by atoms with van der Waals surface area (Å²) < 4.78 is 18.4. The third kappa shape index (κ3) is 6.81. The van der Waals surface area contributed by atoms with Crippen molar-refractivity contribution in [1.82, 2.24) is 9.88 Å². The van der Waals surface area contributed by atoms with Crippen molar-refractivity contribution in [3.63, 3.8) is 0 Å². The molecule has 1 fully saturated rings. The van der Waals surface area contributed by atoms with Crippen LogP contribution in [-0.4, -0.2) is 69.4 Å². The van der Waals surface area contributed by atoms with E-state index in [0.29, 0.717) is 35.9 Å². The minimum Gasteiger partial charge on any atom is -0.476 e. The van der Waals surface area contributed by atoms with E-state index in [2.05, 4.69) is 4.98 Å². The van der Waals surface area contributed by atoms with Crippen LogP contribution in [0.4, 0.5) is 9.18 Å². The van der Waals surface area contributed by atoms with Gasteiger partial charge in [-0.25, -0.2) is 14.6 Å². The van der Waals surface area contributed by atoms with Gasteiger partial charge in [0.25, 0.3) is 0 Å². The lowest BCUT2D eigenvalue weighted by Gasteiger charge is -2.32. The number of carbonyl (C=O) groups excluding carboxylic acids is 1. The highest BCUT2D eigenvalue weighted by Crippen LogP contribution is 2.33. The standard InChI is InChI=1S/C20H31FN2O5S2/c1-13-15(6-7-16(24)20(2,3)8-4-5-9-21)23(19(27)28-13)10-11-29-18-22-14(12-30-18)17(25)26/h12-13,15-16,24H,4-11H2,1-3H3,(H,25,26). The maximum atomic E-state index is 12.3. The Labute approximate surface area is 185 Å². The lowest BCUT2D eigenvalue weighted by atomic mass is 9.79. The van der Waals surface area contributed by atoms with Crippen LogP contribution in [0.1, 0.15) is 63.4 Å². The first kappa shape index (κ1) is 24.9. The predicted octanol–water partition coefficient (Wildman–Crippen LogP) is 4.45. The van der Waals surface area contributed by atoms with Gasteiger partial charge in [0, 0.05) is 17.7 Å². The number of unbranched alkanes of at least 4 members (excludes halogenated alkanes) is 1. The fraction of sp³-hybridized carbons (Fsp3) is 0.750. The zero-order chi connectivity index (χ0) is 22.3. The smallest absolute Gasteiger partial charge is 0.410 e. The molecular formula is C20H31FN2O5S2. The van der Waals surface area contributed by atoms with E-state index in [4.69, 9.17) is 9.84 Å². The predicted molar refractivity (Wildman–Crippen MR) is 115 cm³/mol. The molecule has 0 aromatic carbocycles. The zero-order valence-electron chi connectivity index (χ0n) is 17.7. The Hall–Kier alpha value is -1.39. The summed E-state index contributed by atoms with van der Waals surface area (Å²) in [5, 5.41) is 21.1. The van der Waals surface area contributed by atoms with Crippen LogP contribution in [0.25, 0.3) is 0 Å². The molecule has 1 aliphatic rings. The number of hydrogen-bond acceptors (Lipinski definition) is 7. The Kier molecular flexibility index (Phi) is 9.36. The number of hydrogen-bond donors (Lipinski definition) is 2. The molecule has 2 rings (SSSR count). The highest BCUT2D eigenvalue weighted by Gasteiger charge is 2.39. The van der Waals surface area contributed by atoms with E-state index in [1.54, 1.807) is 4.90 Å². The topological polar surface area (TPSA) is 100.0 Å². The number of aromatic nitrogens is 1. The summed E-state index contributed by atoms with van der Waals surface area (Å²) in [7, 11) is 0.